The van der Waals surface area contributed by atoms with Crippen molar-refractivity contribution in [3.63, 3.8) is 0 Å². The van der Waals surface area contributed by atoms with E-state index in [1.807, 2.05) is 19.0 Å². The van der Waals surface area contributed by atoms with E-state index >= 15 is 0 Å². The Morgan fingerprint density at radius 3 is 2.89 bits per heavy atom. The zero-order chi connectivity index (χ0) is 13.2. The molecule has 1 aromatic rings. The van der Waals surface area contributed by atoms with Crippen LogP contribution < -0.4 is 10.2 Å². The van der Waals surface area contributed by atoms with Gasteiger partial charge in [-0.1, -0.05) is 0 Å². The summed E-state index contributed by atoms with van der Waals surface area (Å²) in [4.78, 5) is 10.2. The highest BCUT2D eigenvalue weighted by atomic mass is 32.2. The van der Waals surface area contributed by atoms with Crippen LogP contribution in [0.2, 0.25) is 0 Å². The monoisotopic (exact) mass is 270 g/mol. The standard InChI is InChI=1S/C11H18N4O2S/c1-15(2)11-12-6-5-10(14-11)13-9-4-3-7-18(16,17)8-9/h5-6,9H,3-4,7-8H2,1-2H3,(H,12,13,14). The first-order valence-corrected chi connectivity index (χ1v) is 7.76. The van der Waals surface area contributed by atoms with Crippen molar-refractivity contribution >= 4 is 21.6 Å². The quantitative estimate of drug-likeness (QED) is 0.863. The molecule has 100 valence electrons. The predicted molar refractivity (Wildman–Crippen MR) is 71.7 cm³/mol. The molecule has 0 bridgehead atoms. The number of aromatic nitrogens is 2. The van der Waals surface area contributed by atoms with Crippen molar-refractivity contribution in [3.05, 3.63) is 12.3 Å². The van der Waals surface area contributed by atoms with Gasteiger partial charge >= 0.3 is 0 Å². The van der Waals surface area contributed by atoms with Crippen molar-refractivity contribution < 1.29 is 8.42 Å². The first kappa shape index (κ1) is 13.1. The maximum absolute atomic E-state index is 11.5. The molecular formula is C11H18N4O2S. The third-order valence-electron chi connectivity index (χ3n) is 2.86. The van der Waals surface area contributed by atoms with E-state index in [2.05, 4.69) is 15.3 Å². The number of hydrogen-bond donors (Lipinski definition) is 1. The fraction of sp³-hybridized carbons (Fsp3) is 0.636. The smallest absolute Gasteiger partial charge is 0.226 e. The molecule has 2 rings (SSSR count). The van der Waals surface area contributed by atoms with Gasteiger partial charge in [-0.25, -0.2) is 13.4 Å². The number of nitrogens with zero attached hydrogens (tertiary/aromatic N) is 3. The Balaban J connectivity index is 2.07. The summed E-state index contributed by atoms with van der Waals surface area (Å²) in [6, 6.07) is 1.71. The van der Waals surface area contributed by atoms with Gasteiger partial charge in [-0.05, 0) is 18.9 Å². The summed E-state index contributed by atoms with van der Waals surface area (Å²) >= 11 is 0. The van der Waals surface area contributed by atoms with Gasteiger partial charge in [0.15, 0.2) is 9.84 Å². The van der Waals surface area contributed by atoms with E-state index in [0.29, 0.717) is 23.9 Å². The molecule has 1 fully saturated rings. The summed E-state index contributed by atoms with van der Waals surface area (Å²) in [6.45, 7) is 0. The second-order valence-electron chi connectivity index (χ2n) is 4.73. The molecule has 1 atom stereocenters. The lowest BCUT2D eigenvalue weighted by atomic mass is 10.2. The number of hydrogen-bond acceptors (Lipinski definition) is 6. The second kappa shape index (κ2) is 5.09. The number of sulfone groups is 1. The fourth-order valence-corrected chi connectivity index (χ4v) is 3.63. The lowest BCUT2D eigenvalue weighted by molar-refractivity contribution is 0.561. The van der Waals surface area contributed by atoms with Gasteiger partial charge in [0.05, 0.1) is 11.5 Å². The lowest BCUT2D eigenvalue weighted by Crippen LogP contribution is -2.35. The average molecular weight is 270 g/mol. The van der Waals surface area contributed by atoms with Crippen LogP contribution in [0, 0.1) is 0 Å². The number of nitrogens with one attached hydrogen (secondary N) is 1. The van der Waals surface area contributed by atoms with Crippen molar-refractivity contribution in [2.45, 2.75) is 18.9 Å². The molecule has 1 aliphatic rings. The van der Waals surface area contributed by atoms with Gasteiger partial charge in [0.2, 0.25) is 5.95 Å². The molecule has 2 heterocycles. The van der Waals surface area contributed by atoms with Crippen molar-refractivity contribution in [3.8, 4) is 0 Å². The van der Waals surface area contributed by atoms with E-state index in [9.17, 15) is 8.42 Å². The van der Waals surface area contributed by atoms with Crippen molar-refractivity contribution in [1.82, 2.24) is 9.97 Å². The van der Waals surface area contributed by atoms with E-state index in [4.69, 9.17) is 0 Å². The highest BCUT2D eigenvalue weighted by Crippen LogP contribution is 2.17. The zero-order valence-electron chi connectivity index (χ0n) is 10.6. The number of rotatable bonds is 3. The molecule has 0 aromatic carbocycles. The minimum absolute atomic E-state index is 0.0475. The van der Waals surface area contributed by atoms with Gasteiger partial charge in [0.1, 0.15) is 5.82 Å². The molecule has 0 spiro atoms. The lowest BCUT2D eigenvalue weighted by Gasteiger charge is -2.23. The van der Waals surface area contributed by atoms with Crippen LogP contribution in [0.15, 0.2) is 12.3 Å². The summed E-state index contributed by atoms with van der Waals surface area (Å²) < 4.78 is 23.1. The minimum Gasteiger partial charge on any atom is -0.366 e. The molecule has 0 aliphatic carbocycles. The maximum atomic E-state index is 11.5. The molecule has 0 saturated carbocycles. The van der Waals surface area contributed by atoms with Gasteiger partial charge in [-0.3, -0.25) is 0 Å². The summed E-state index contributed by atoms with van der Waals surface area (Å²) in [5.74, 6) is 1.78. The van der Waals surface area contributed by atoms with Crippen molar-refractivity contribution in [2.24, 2.45) is 0 Å². The fourth-order valence-electron chi connectivity index (χ4n) is 1.99. The largest absolute Gasteiger partial charge is 0.366 e. The highest BCUT2D eigenvalue weighted by molar-refractivity contribution is 7.91. The van der Waals surface area contributed by atoms with Crippen LogP contribution in [0.1, 0.15) is 12.8 Å². The summed E-state index contributed by atoms with van der Waals surface area (Å²) in [5.41, 5.74) is 0. The maximum Gasteiger partial charge on any atom is 0.226 e. The van der Waals surface area contributed by atoms with Gasteiger partial charge in [-0.15, -0.1) is 0 Å². The van der Waals surface area contributed by atoms with Crippen molar-refractivity contribution in [2.75, 3.05) is 35.8 Å². The Kier molecular flexibility index (Phi) is 3.70. The number of anilines is 2. The Labute approximate surface area is 107 Å². The topological polar surface area (TPSA) is 75.2 Å². The first-order chi connectivity index (χ1) is 8.46. The van der Waals surface area contributed by atoms with E-state index in [1.165, 1.54) is 0 Å². The van der Waals surface area contributed by atoms with E-state index in [1.54, 1.807) is 12.3 Å². The molecule has 1 aromatic heterocycles. The predicted octanol–water partition coefficient (Wildman–Crippen LogP) is 0.532. The van der Waals surface area contributed by atoms with Gasteiger partial charge in [-0.2, -0.15) is 4.98 Å². The molecule has 18 heavy (non-hydrogen) atoms. The molecular weight excluding hydrogens is 252 g/mol. The van der Waals surface area contributed by atoms with Gasteiger partial charge in [0.25, 0.3) is 0 Å². The Morgan fingerprint density at radius 2 is 2.22 bits per heavy atom. The molecule has 1 saturated heterocycles. The normalized spacial score (nSPS) is 22.4. The molecule has 1 N–H and O–H groups in total. The van der Waals surface area contributed by atoms with Crippen LogP contribution in [0.3, 0.4) is 0 Å². The third kappa shape index (κ3) is 3.32. The van der Waals surface area contributed by atoms with E-state index in [0.717, 1.165) is 6.42 Å². The van der Waals surface area contributed by atoms with E-state index in [-0.39, 0.29) is 11.8 Å². The molecule has 6 nitrogen and oxygen atoms in total. The van der Waals surface area contributed by atoms with Crippen LogP contribution in [-0.4, -0.2) is 50.0 Å². The van der Waals surface area contributed by atoms with Crippen LogP contribution in [-0.2, 0) is 9.84 Å². The van der Waals surface area contributed by atoms with Crippen LogP contribution in [0.25, 0.3) is 0 Å². The Bertz CT molecular complexity index is 516. The van der Waals surface area contributed by atoms with Gasteiger partial charge < -0.3 is 10.2 Å². The van der Waals surface area contributed by atoms with E-state index < -0.39 is 9.84 Å². The Hall–Kier alpha value is -1.37. The zero-order valence-corrected chi connectivity index (χ0v) is 11.4. The summed E-state index contributed by atoms with van der Waals surface area (Å²) in [6.07, 6.45) is 3.24. The molecule has 7 heteroatoms. The van der Waals surface area contributed by atoms with Crippen LogP contribution >= 0.6 is 0 Å². The van der Waals surface area contributed by atoms with Crippen LogP contribution in [0.4, 0.5) is 11.8 Å². The molecule has 1 unspecified atom stereocenters. The third-order valence-corrected chi connectivity index (χ3v) is 4.68. The van der Waals surface area contributed by atoms with Crippen molar-refractivity contribution in [1.29, 1.82) is 0 Å². The SMILES string of the molecule is CN(C)c1nccc(NC2CCCS(=O)(=O)C2)n1. The van der Waals surface area contributed by atoms with Gasteiger partial charge in [0, 0.05) is 26.3 Å². The molecule has 0 amide bonds. The van der Waals surface area contributed by atoms with Crippen LogP contribution in [0.5, 0.6) is 0 Å². The first-order valence-electron chi connectivity index (χ1n) is 5.93. The summed E-state index contributed by atoms with van der Waals surface area (Å²) in [7, 11) is 0.836. The summed E-state index contributed by atoms with van der Waals surface area (Å²) in [5, 5.41) is 3.17. The molecule has 1 aliphatic heterocycles. The highest BCUT2D eigenvalue weighted by Gasteiger charge is 2.24. The second-order valence-corrected chi connectivity index (χ2v) is 6.96. The Morgan fingerprint density at radius 1 is 1.44 bits per heavy atom. The molecule has 0 radical (unpaired) electrons. The minimum atomic E-state index is -2.89. The average Bonchev–Trinajstić information content (AvgIpc) is 2.28.